The van der Waals surface area contributed by atoms with Crippen LogP contribution in [0.1, 0.15) is 31.7 Å². The SMILES string of the molecule is CCc1ccccc1Nc1ccnc(Nc2ccc(N3CCCCC3)cc2)n1. The molecular weight excluding hydrogens is 346 g/mol. The zero-order chi connectivity index (χ0) is 19.2. The molecular formula is C23H27N5. The third kappa shape index (κ3) is 4.42. The molecule has 0 atom stereocenters. The van der Waals surface area contributed by atoms with Gasteiger partial charge in [0.1, 0.15) is 5.82 Å². The number of nitrogens with one attached hydrogen (secondary N) is 2. The van der Waals surface area contributed by atoms with Crippen LogP contribution in [0.5, 0.6) is 0 Å². The molecule has 5 nitrogen and oxygen atoms in total. The second-order valence-corrected chi connectivity index (χ2v) is 7.12. The molecule has 2 aromatic carbocycles. The molecule has 2 heterocycles. The Labute approximate surface area is 166 Å². The standard InChI is InChI=1S/C23H27N5/c1-2-18-8-4-5-9-21(18)26-22-14-15-24-23(27-22)25-19-10-12-20(13-11-19)28-16-6-3-7-17-28/h4-5,8-15H,2-3,6-7,16-17H2,1H3,(H2,24,25,26,27). The van der Waals surface area contributed by atoms with Crippen LogP contribution in [0.2, 0.25) is 0 Å². The fourth-order valence-electron chi connectivity index (χ4n) is 3.61. The first-order chi connectivity index (χ1) is 13.8. The molecule has 2 N–H and O–H groups in total. The number of rotatable bonds is 6. The lowest BCUT2D eigenvalue weighted by molar-refractivity contribution is 0.578. The lowest BCUT2D eigenvalue weighted by atomic mass is 10.1. The van der Waals surface area contributed by atoms with Gasteiger partial charge in [-0.3, -0.25) is 0 Å². The van der Waals surface area contributed by atoms with Crippen LogP contribution >= 0.6 is 0 Å². The lowest BCUT2D eigenvalue weighted by Gasteiger charge is -2.28. The summed E-state index contributed by atoms with van der Waals surface area (Å²) in [5.41, 5.74) is 4.63. The number of hydrogen-bond acceptors (Lipinski definition) is 5. The lowest BCUT2D eigenvalue weighted by Crippen LogP contribution is -2.29. The number of aromatic nitrogens is 2. The molecule has 4 rings (SSSR count). The predicted molar refractivity (Wildman–Crippen MR) is 117 cm³/mol. The van der Waals surface area contributed by atoms with Crippen LogP contribution in [0.25, 0.3) is 0 Å². The summed E-state index contributed by atoms with van der Waals surface area (Å²) in [4.78, 5) is 11.4. The van der Waals surface area contributed by atoms with Crippen molar-refractivity contribution in [2.45, 2.75) is 32.6 Å². The van der Waals surface area contributed by atoms with E-state index in [-0.39, 0.29) is 0 Å². The minimum Gasteiger partial charge on any atom is -0.372 e. The van der Waals surface area contributed by atoms with E-state index in [1.54, 1.807) is 6.20 Å². The van der Waals surface area contributed by atoms with E-state index in [1.165, 1.54) is 30.5 Å². The molecule has 1 aromatic heterocycles. The molecule has 3 aromatic rings. The van der Waals surface area contributed by atoms with Crippen LogP contribution in [-0.2, 0) is 6.42 Å². The molecule has 0 spiro atoms. The van der Waals surface area contributed by atoms with E-state index in [0.717, 1.165) is 36.7 Å². The van der Waals surface area contributed by atoms with Crippen LogP contribution in [0, 0.1) is 0 Å². The van der Waals surface area contributed by atoms with Crippen molar-refractivity contribution in [2.75, 3.05) is 28.6 Å². The van der Waals surface area contributed by atoms with Crippen molar-refractivity contribution in [1.82, 2.24) is 9.97 Å². The number of aryl methyl sites for hydroxylation is 1. The van der Waals surface area contributed by atoms with E-state index < -0.39 is 0 Å². The quantitative estimate of drug-likeness (QED) is 0.596. The first-order valence-corrected chi connectivity index (χ1v) is 10.1. The molecule has 0 radical (unpaired) electrons. The smallest absolute Gasteiger partial charge is 0.229 e. The number of anilines is 5. The Bertz CT molecular complexity index is 901. The molecule has 28 heavy (non-hydrogen) atoms. The zero-order valence-electron chi connectivity index (χ0n) is 16.4. The van der Waals surface area contributed by atoms with E-state index in [4.69, 9.17) is 0 Å². The minimum absolute atomic E-state index is 0.588. The van der Waals surface area contributed by atoms with E-state index in [2.05, 4.69) is 74.9 Å². The van der Waals surface area contributed by atoms with Crippen molar-refractivity contribution in [3.05, 3.63) is 66.4 Å². The summed E-state index contributed by atoms with van der Waals surface area (Å²) in [6.45, 7) is 4.46. The van der Waals surface area contributed by atoms with Gasteiger partial charge in [0.25, 0.3) is 0 Å². The Balaban J connectivity index is 1.44. The molecule has 0 saturated carbocycles. The van der Waals surface area contributed by atoms with E-state index in [1.807, 2.05) is 12.1 Å². The highest BCUT2D eigenvalue weighted by molar-refractivity contribution is 5.63. The molecule has 0 amide bonds. The maximum absolute atomic E-state index is 4.61. The second-order valence-electron chi connectivity index (χ2n) is 7.12. The number of nitrogens with zero attached hydrogens (tertiary/aromatic N) is 3. The molecule has 0 aliphatic carbocycles. The van der Waals surface area contributed by atoms with Gasteiger partial charge in [-0.25, -0.2) is 4.98 Å². The zero-order valence-corrected chi connectivity index (χ0v) is 16.4. The van der Waals surface area contributed by atoms with Crippen molar-refractivity contribution in [1.29, 1.82) is 0 Å². The van der Waals surface area contributed by atoms with Gasteiger partial charge in [0.05, 0.1) is 0 Å². The predicted octanol–water partition coefficient (Wildman–Crippen LogP) is 5.52. The van der Waals surface area contributed by atoms with Gasteiger partial charge in [0, 0.05) is 36.3 Å². The van der Waals surface area contributed by atoms with E-state index in [0.29, 0.717) is 5.95 Å². The van der Waals surface area contributed by atoms with Crippen LogP contribution < -0.4 is 15.5 Å². The van der Waals surface area contributed by atoms with Crippen LogP contribution in [0.15, 0.2) is 60.8 Å². The summed E-state index contributed by atoms with van der Waals surface area (Å²) >= 11 is 0. The Morgan fingerprint density at radius 2 is 1.68 bits per heavy atom. The number of piperidine rings is 1. The number of benzene rings is 2. The Morgan fingerprint density at radius 1 is 0.893 bits per heavy atom. The van der Waals surface area contributed by atoms with Gasteiger partial charge in [-0.15, -0.1) is 0 Å². The largest absolute Gasteiger partial charge is 0.372 e. The fraction of sp³-hybridized carbons (Fsp3) is 0.304. The molecule has 0 unspecified atom stereocenters. The highest BCUT2D eigenvalue weighted by Crippen LogP contribution is 2.24. The van der Waals surface area contributed by atoms with E-state index >= 15 is 0 Å². The van der Waals surface area contributed by atoms with Gasteiger partial charge in [-0.2, -0.15) is 4.98 Å². The Morgan fingerprint density at radius 3 is 2.46 bits per heavy atom. The van der Waals surface area contributed by atoms with Crippen molar-refractivity contribution in [3.8, 4) is 0 Å². The van der Waals surface area contributed by atoms with Gasteiger partial charge in [0.2, 0.25) is 5.95 Å². The Hall–Kier alpha value is -3.08. The molecule has 5 heteroatoms. The van der Waals surface area contributed by atoms with Gasteiger partial charge < -0.3 is 15.5 Å². The summed E-state index contributed by atoms with van der Waals surface area (Å²) in [5.74, 6) is 1.37. The van der Waals surface area contributed by atoms with Gasteiger partial charge >= 0.3 is 0 Å². The normalized spacial score (nSPS) is 14.0. The number of hydrogen-bond donors (Lipinski definition) is 2. The molecule has 1 aliphatic rings. The van der Waals surface area contributed by atoms with Crippen molar-refractivity contribution in [3.63, 3.8) is 0 Å². The highest BCUT2D eigenvalue weighted by atomic mass is 15.1. The molecule has 1 fully saturated rings. The third-order valence-corrected chi connectivity index (χ3v) is 5.16. The monoisotopic (exact) mass is 373 g/mol. The molecule has 1 saturated heterocycles. The summed E-state index contributed by atoms with van der Waals surface area (Å²) in [6, 6.07) is 18.7. The maximum Gasteiger partial charge on any atom is 0.229 e. The van der Waals surface area contributed by atoms with Crippen molar-refractivity contribution >= 4 is 28.8 Å². The highest BCUT2D eigenvalue weighted by Gasteiger charge is 2.10. The van der Waals surface area contributed by atoms with Crippen LogP contribution in [0.4, 0.5) is 28.8 Å². The van der Waals surface area contributed by atoms with Crippen LogP contribution in [0.3, 0.4) is 0 Å². The summed E-state index contributed by atoms with van der Waals surface area (Å²) in [5, 5.41) is 6.71. The van der Waals surface area contributed by atoms with Gasteiger partial charge in [-0.1, -0.05) is 25.1 Å². The van der Waals surface area contributed by atoms with Gasteiger partial charge in [-0.05, 0) is 67.6 Å². The second kappa shape index (κ2) is 8.74. The third-order valence-electron chi connectivity index (χ3n) is 5.16. The summed E-state index contributed by atoms with van der Waals surface area (Å²) < 4.78 is 0. The summed E-state index contributed by atoms with van der Waals surface area (Å²) in [6.07, 6.45) is 6.67. The average molecular weight is 374 g/mol. The molecule has 0 bridgehead atoms. The topological polar surface area (TPSA) is 53.1 Å². The van der Waals surface area contributed by atoms with Crippen molar-refractivity contribution in [2.24, 2.45) is 0 Å². The minimum atomic E-state index is 0.588. The molecule has 1 aliphatic heterocycles. The fourth-order valence-corrected chi connectivity index (χ4v) is 3.61. The van der Waals surface area contributed by atoms with Crippen molar-refractivity contribution < 1.29 is 0 Å². The van der Waals surface area contributed by atoms with Gasteiger partial charge in [0.15, 0.2) is 0 Å². The first kappa shape index (κ1) is 18.3. The Kier molecular flexibility index (Phi) is 5.71. The number of para-hydroxylation sites is 1. The maximum atomic E-state index is 4.61. The van der Waals surface area contributed by atoms with Crippen LogP contribution in [-0.4, -0.2) is 23.1 Å². The first-order valence-electron chi connectivity index (χ1n) is 10.1. The molecule has 144 valence electrons. The average Bonchev–Trinajstić information content (AvgIpc) is 2.76. The summed E-state index contributed by atoms with van der Waals surface area (Å²) in [7, 11) is 0. The van der Waals surface area contributed by atoms with E-state index in [9.17, 15) is 0 Å².